The molecule has 4 aliphatic rings. The lowest BCUT2D eigenvalue weighted by molar-refractivity contribution is 0.521. The number of rotatable bonds is 3. The van der Waals surface area contributed by atoms with E-state index in [2.05, 4.69) is 109 Å². The molecule has 0 saturated heterocycles. The van der Waals surface area contributed by atoms with Gasteiger partial charge in [0, 0.05) is 28.8 Å². The summed E-state index contributed by atoms with van der Waals surface area (Å²) >= 11 is 4.01. The van der Waals surface area contributed by atoms with Gasteiger partial charge in [-0.15, -0.1) is 0 Å². The predicted octanol–water partition coefficient (Wildman–Crippen LogP) is 8.24. The van der Waals surface area contributed by atoms with Crippen molar-refractivity contribution in [3.8, 4) is 11.1 Å². The maximum Gasteiger partial charge on any atom is 0.0541 e. The molecule has 0 N–H and O–H groups in total. The molecule has 0 bridgehead atoms. The molecule has 0 aromatic heterocycles. The van der Waals surface area contributed by atoms with Gasteiger partial charge in [-0.2, -0.15) is 0 Å². The molecule has 32 heavy (non-hydrogen) atoms. The van der Waals surface area contributed by atoms with E-state index in [4.69, 9.17) is 0 Å². The highest BCUT2D eigenvalue weighted by Crippen LogP contribution is 2.53. The van der Waals surface area contributed by atoms with E-state index in [0.717, 1.165) is 12.8 Å². The van der Waals surface area contributed by atoms with Gasteiger partial charge in [-0.25, -0.2) is 0 Å². The van der Waals surface area contributed by atoms with Crippen molar-refractivity contribution in [3.63, 3.8) is 0 Å². The molecule has 3 aliphatic carbocycles. The summed E-state index contributed by atoms with van der Waals surface area (Å²) < 4.78 is 1.33. The highest BCUT2D eigenvalue weighted by atomic mass is 79.9. The summed E-state index contributed by atoms with van der Waals surface area (Å²) in [6.45, 7) is 6.80. The van der Waals surface area contributed by atoms with Gasteiger partial charge in [0.15, 0.2) is 0 Å². The first-order valence-corrected chi connectivity index (χ1v) is 12.4. The van der Waals surface area contributed by atoms with Gasteiger partial charge < -0.3 is 4.90 Å². The maximum absolute atomic E-state index is 4.01. The fourth-order valence-corrected chi connectivity index (χ4v) is 7.10. The minimum absolute atomic E-state index is 0.371. The lowest BCUT2D eigenvalue weighted by Crippen LogP contribution is -2.17. The molecule has 1 aliphatic heterocycles. The summed E-state index contributed by atoms with van der Waals surface area (Å²) in [6, 6.07) is 17.9. The highest BCUT2D eigenvalue weighted by molar-refractivity contribution is 9.11. The number of benzene rings is 2. The molecule has 160 valence electrons. The number of nitrogens with zero attached hydrogens (tertiary/aromatic N) is 1. The third-order valence-electron chi connectivity index (χ3n) is 8.09. The maximum atomic E-state index is 4.01. The van der Waals surface area contributed by atoms with E-state index < -0.39 is 0 Å². The lowest BCUT2D eigenvalue weighted by Gasteiger charge is -2.26. The van der Waals surface area contributed by atoms with Crippen LogP contribution in [0.1, 0.15) is 50.7 Å². The van der Waals surface area contributed by atoms with Crippen LogP contribution >= 0.6 is 15.9 Å². The van der Waals surface area contributed by atoms with Crippen LogP contribution in [0, 0.1) is 5.92 Å². The van der Waals surface area contributed by atoms with Crippen LogP contribution in [0.4, 0.5) is 0 Å². The first kappa shape index (κ1) is 20.1. The van der Waals surface area contributed by atoms with Crippen LogP contribution in [0.5, 0.6) is 0 Å². The van der Waals surface area contributed by atoms with E-state index in [1.54, 1.807) is 0 Å². The molecule has 2 aromatic rings. The second-order valence-electron chi connectivity index (χ2n) is 9.58. The second kappa shape index (κ2) is 7.22. The molecule has 1 atom stereocenters. The molecule has 2 heteroatoms. The van der Waals surface area contributed by atoms with Gasteiger partial charge in [0.1, 0.15) is 0 Å². The fourth-order valence-electron chi connectivity index (χ4n) is 6.20. The van der Waals surface area contributed by atoms with Crippen molar-refractivity contribution in [3.05, 3.63) is 116 Å². The number of halogens is 1. The van der Waals surface area contributed by atoms with Crippen LogP contribution in [0.3, 0.4) is 0 Å². The lowest BCUT2D eigenvalue weighted by atomic mass is 9.85. The van der Waals surface area contributed by atoms with E-state index in [0.29, 0.717) is 11.8 Å². The van der Waals surface area contributed by atoms with Crippen molar-refractivity contribution >= 4 is 15.9 Å². The van der Waals surface area contributed by atoms with Gasteiger partial charge in [-0.1, -0.05) is 70.5 Å². The van der Waals surface area contributed by atoms with Crippen molar-refractivity contribution in [1.29, 1.82) is 0 Å². The minimum Gasteiger partial charge on any atom is -0.351 e. The van der Waals surface area contributed by atoms with Gasteiger partial charge in [-0.05, 0) is 89.8 Å². The van der Waals surface area contributed by atoms with E-state index >= 15 is 0 Å². The monoisotopic (exact) mass is 481 g/mol. The van der Waals surface area contributed by atoms with Crippen molar-refractivity contribution in [2.45, 2.75) is 39.5 Å². The van der Waals surface area contributed by atoms with Crippen LogP contribution in [0.15, 0.2) is 104 Å². The van der Waals surface area contributed by atoms with E-state index in [1.807, 2.05) is 0 Å². The van der Waals surface area contributed by atoms with Gasteiger partial charge in [0.05, 0.1) is 5.92 Å². The molecule has 0 saturated carbocycles. The van der Waals surface area contributed by atoms with Crippen LogP contribution in [0.2, 0.25) is 0 Å². The molecule has 0 amide bonds. The van der Waals surface area contributed by atoms with Gasteiger partial charge in [0.25, 0.3) is 0 Å². The predicted molar refractivity (Wildman–Crippen MR) is 137 cm³/mol. The summed E-state index contributed by atoms with van der Waals surface area (Å²) in [7, 11) is 2.21. The Morgan fingerprint density at radius 3 is 2.12 bits per heavy atom. The van der Waals surface area contributed by atoms with Crippen molar-refractivity contribution in [1.82, 2.24) is 4.90 Å². The second-order valence-corrected chi connectivity index (χ2v) is 10.4. The van der Waals surface area contributed by atoms with Gasteiger partial charge >= 0.3 is 0 Å². The quantitative estimate of drug-likeness (QED) is 0.426. The third kappa shape index (κ3) is 2.69. The van der Waals surface area contributed by atoms with Crippen molar-refractivity contribution in [2.24, 2.45) is 5.92 Å². The Kier molecular flexibility index (Phi) is 4.52. The topological polar surface area (TPSA) is 3.24 Å². The molecule has 1 heterocycles. The van der Waals surface area contributed by atoms with Crippen molar-refractivity contribution < 1.29 is 0 Å². The summed E-state index contributed by atoms with van der Waals surface area (Å²) in [5.41, 5.74) is 15.8. The van der Waals surface area contributed by atoms with Crippen molar-refractivity contribution in [2.75, 3.05) is 7.05 Å². The van der Waals surface area contributed by atoms with Gasteiger partial charge in [-0.3, -0.25) is 0 Å². The molecular weight excluding hydrogens is 454 g/mol. The van der Waals surface area contributed by atoms with E-state index in [1.165, 1.54) is 66.0 Å². The zero-order valence-corrected chi connectivity index (χ0v) is 20.8. The SMILES string of the molecule is CC1=CC2=C(Br)C3C(=CC2=C1CCC1c2ccccc2-c2ccccc21)N(C)C(C)=C3C. The third-order valence-corrected chi connectivity index (χ3v) is 8.98. The molecular formula is C30H28BrN. The normalized spacial score (nSPS) is 21.7. The summed E-state index contributed by atoms with van der Waals surface area (Å²) in [5, 5.41) is 0. The fraction of sp³-hybridized carbons (Fsp3) is 0.267. The van der Waals surface area contributed by atoms with Crippen LogP contribution < -0.4 is 0 Å². The van der Waals surface area contributed by atoms with Crippen LogP contribution in [-0.4, -0.2) is 11.9 Å². The Balaban J connectivity index is 1.38. The minimum atomic E-state index is 0.371. The van der Waals surface area contributed by atoms with Gasteiger partial charge in [0.2, 0.25) is 0 Å². The average molecular weight is 482 g/mol. The first-order chi connectivity index (χ1) is 15.5. The number of hydrogen-bond donors (Lipinski definition) is 0. The zero-order chi connectivity index (χ0) is 22.1. The number of fused-ring (bicyclic) bond motifs is 5. The Hall–Kier alpha value is -2.58. The Labute approximate surface area is 199 Å². The van der Waals surface area contributed by atoms with E-state index in [-0.39, 0.29) is 0 Å². The number of hydrogen-bond acceptors (Lipinski definition) is 1. The first-order valence-electron chi connectivity index (χ1n) is 11.6. The molecule has 1 unspecified atom stereocenters. The smallest absolute Gasteiger partial charge is 0.0541 e. The Morgan fingerprint density at radius 2 is 1.47 bits per heavy atom. The Bertz CT molecular complexity index is 1280. The van der Waals surface area contributed by atoms with Crippen LogP contribution in [0.25, 0.3) is 11.1 Å². The zero-order valence-electron chi connectivity index (χ0n) is 19.2. The molecule has 2 aromatic carbocycles. The molecule has 0 fully saturated rings. The van der Waals surface area contributed by atoms with Crippen LogP contribution in [-0.2, 0) is 0 Å². The molecule has 0 spiro atoms. The molecule has 0 radical (unpaired) electrons. The summed E-state index contributed by atoms with van der Waals surface area (Å²) in [4.78, 5) is 2.37. The van der Waals surface area contributed by atoms with E-state index in [9.17, 15) is 0 Å². The standard InChI is InChI=1S/C30H28BrN/c1-17-15-27-26(16-28-29(30(27)31)18(2)19(3)32(28)4)20(17)13-14-25-23-11-7-5-9-21(23)22-10-6-8-12-24(22)25/h5-12,15-16,25,29H,13-14H2,1-4H3. The highest BCUT2D eigenvalue weighted by Gasteiger charge is 2.38. The Morgan fingerprint density at radius 1 is 0.844 bits per heavy atom. The largest absolute Gasteiger partial charge is 0.351 e. The summed E-state index contributed by atoms with van der Waals surface area (Å²) in [6.07, 6.45) is 7.10. The molecule has 6 rings (SSSR count). The average Bonchev–Trinajstić information content (AvgIpc) is 3.37. The number of allylic oxidation sites excluding steroid dienone is 8. The molecule has 1 nitrogen and oxygen atoms in total. The summed E-state index contributed by atoms with van der Waals surface area (Å²) in [5.74, 6) is 0.847.